The van der Waals surface area contributed by atoms with Gasteiger partial charge in [-0.1, -0.05) is 12.1 Å². The zero-order valence-electron chi connectivity index (χ0n) is 15.3. The predicted molar refractivity (Wildman–Crippen MR) is 97.8 cm³/mol. The van der Waals surface area contributed by atoms with E-state index in [0.717, 1.165) is 28.0 Å². The molecule has 2 aliphatic rings. The van der Waals surface area contributed by atoms with Gasteiger partial charge < -0.3 is 24.6 Å². The van der Waals surface area contributed by atoms with Crippen LogP contribution in [0, 0.1) is 0 Å². The Bertz CT molecular complexity index is 866. The first-order valence-corrected chi connectivity index (χ1v) is 8.96. The number of rotatable bonds is 5. The molecular weight excluding hydrogens is 348 g/mol. The summed E-state index contributed by atoms with van der Waals surface area (Å²) in [6.45, 7) is 2.77. The minimum absolute atomic E-state index is 0.110. The molecule has 0 bridgehead atoms. The van der Waals surface area contributed by atoms with E-state index in [9.17, 15) is 9.90 Å². The summed E-state index contributed by atoms with van der Waals surface area (Å²) in [4.78, 5) is 16.9. The van der Waals surface area contributed by atoms with Crippen molar-refractivity contribution in [3.05, 3.63) is 52.2 Å². The Morgan fingerprint density at radius 2 is 2.07 bits per heavy atom. The summed E-state index contributed by atoms with van der Waals surface area (Å²) >= 11 is 0. The molecule has 2 atom stereocenters. The summed E-state index contributed by atoms with van der Waals surface area (Å²) in [7, 11) is 1.63. The molecule has 0 amide bonds. The van der Waals surface area contributed by atoms with Gasteiger partial charge in [0.2, 0.25) is 0 Å². The van der Waals surface area contributed by atoms with Crippen LogP contribution in [-0.2, 0) is 29.0 Å². The summed E-state index contributed by atoms with van der Waals surface area (Å²) in [6, 6.07) is 7.76. The van der Waals surface area contributed by atoms with Gasteiger partial charge in [0, 0.05) is 18.5 Å². The van der Waals surface area contributed by atoms with Crippen molar-refractivity contribution in [1.29, 1.82) is 0 Å². The summed E-state index contributed by atoms with van der Waals surface area (Å²) in [5, 5.41) is 12.7. The number of nitrogens with one attached hydrogen (secondary N) is 1. The third kappa shape index (κ3) is 3.24. The van der Waals surface area contributed by atoms with Crippen LogP contribution in [0.25, 0.3) is 0 Å². The SMILES string of the molecule is COc1ccc(CNc2nc3c(c4c2[C@H](C)OC4)C[C@H](CO)OC3=O)cc1. The quantitative estimate of drug-likeness (QED) is 0.781. The van der Waals surface area contributed by atoms with E-state index in [-0.39, 0.29) is 12.7 Å². The molecule has 0 saturated carbocycles. The maximum atomic E-state index is 12.4. The highest BCUT2D eigenvalue weighted by Crippen LogP contribution is 2.40. The topological polar surface area (TPSA) is 89.9 Å². The maximum Gasteiger partial charge on any atom is 0.357 e. The van der Waals surface area contributed by atoms with Gasteiger partial charge in [0.05, 0.1) is 26.4 Å². The Morgan fingerprint density at radius 3 is 2.78 bits per heavy atom. The van der Waals surface area contributed by atoms with Crippen LogP contribution in [0.4, 0.5) is 5.82 Å². The van der Waals surface area contributed by atoms with E-state index in [1.807, 2.05) is 31.2 Å². The normalized spacial score (nSPS) is 20.6. The molecule has 0 radical (unpaired) electrons. The second kappa shape index (κ2) is 7.17. The van der Waals surface area contributed by atoms with Gasteiger partial charge in [-0.3, -0.25) is 0 Å². The summed E-state index contributed by atoms with van der Waals surface area (Å²) in [5.74, 6) is 0.948. The molecule has 0 spiro atoms. The molecule has 142 valence electrons. The number of ether oxygens (including phenoxy) is 3. The molecule has 3 heterocycles. The van der Waals surface area contributed by atoms with Crippen molar-refractivity contribution < 1.29 is 24.1 Å². The highest BCUT2D eigenvalue weighted by atomic mass is 16.6. The first-order valence-electron chi connectivity index (χ1n) is 8.96. The lowest BCUT2D eigenvalue weighted by atomic mass is 9.93. The lowest BCUT2D eigenvalue weighted by Gasteiger charge is -2.25. The number of methoxy groups -OCH3 is 1. The van der Waals surface area contributed by atoms with Crippen LogP contribution in [0.5, 0.6) is 5.75 Å². The van der Waals surface area contributed by atoms with E-state index < -0.39 is 12.1 Å². The molecule has 4 rings (SSSR count). The molecule has 7 nitrogen and oxygen atoms in total. The van der Waals surface area contributed by atoms with E-state index in [1.165, 1.54) is 0 Å². The molecule has 27 heavy (non-hydrogen) atoms. The number of cyclic esters (lactones) is 1. The molecule has 0 fully saturated rings. The Hall–Kier alpha value is -2.64. The molecule has 2 aromatic rings. The van der Waals surface area contributed by atoms with Crippen molar-refractivity contribution in [2.75, 3.05) is 19.0 Å². The fourth-order valence-corrected chi connectivity index (χ4v) is 3.61. The molecule has 0 aliphatic carbocycles. The molecule has 1 aromatic carbocycles. The zero-order valence-corrected chi connectivity index (χ0v) is 15.3. The summed E-state index contributed by atoms with van der Waals surface area (Å²) < 4.78 is 16.2. The Labute approximate surface area is 157 Å². The Morgan fingerprint density at radius 1 is 1.30 bits per heavy atom. The van der Waals surface area contributed by atoms with Gasteiger partial charge in [0.15, 0.2) is 5.69 Å². The van der Waals surface area contributed by atoms with E-state index in [2.05, 4.69) is 10.3 Å². The Kier molecular flexibility index (Phi) is 4.72. The fourth-order valence-electron chi connectivity index (χ4n) is 3.61. The number of benzene rings is 1. The van der Waals surface area contributed by atoms with Crippen LogP contribution < -0.4 is 10.1 Å². The zero-order chi connectivity index (χ0) is 19.0. The second-order valence-corrected chi connectivity index (χ2v) is 6.75. The number of anilines is 1. The standard InChI is InChI=1S/C20H22N2O5/c1-11-17-16(10-26-11)15-7-14(9-23)27-20(24)18(15)22-19(17)21-8-12-3-5-13(25-2)6-4-12/h3-6,11,14,23H,7-10H2,1-2H3,(H,21,22)/t11-,14+/m0/s1. The lowest BCUT2D eigenvalue weighted by Crippen LogP contribution is -2.32. The van der Waals surface area contributed by atoms with Gasteiger partial charge in [0.25, 0.3) is 0 Å². The highest BCUT2D eigenvalue weighted by molar-refractivity contribution is 5.91. The van der Waals surface area contributed by atoms with Crippen molar-refractivity contribution in [2.24, 2.45) is 0 Å². The monoisotopic (exact) mass is 370 g/mol. The van der Waals surface area contributed by atoms with E-state index >= 15 is 0 Å². The highest BCUT2D eigenvalue weighted by Gasteiger charge is 2.36. The number of hydrogen-bond donors (Lipinski definition) is 2. The number of pyridine rings is 1. The molecule has 2 N–H and O–H groups in total. The van der Waals surface area contributed by atoms with Crippen LogP contribution in [0.3, 0.4) is 0 Å². The number of nitrogens with zero attached hydrogens (tertiary/aromatic N) is 1. The number of aliphatic hydroxyl groups is 1. The second-order valence-electron chi connectivity index (χ2n) is 6.75. The molecule has 0 unspecified atom stereocenters. The number of fused-ring (bicyclic) bond motifs is 3. The third-order valence-electron chi connectivity index (χ3n) is 5.06. The van der Waals surface area contributed by atoms with Crippen molar-refractivity contribution in [3.8, 4) is 5.75 Å². The molecule has 1 aromatic heterocycles. The van der Waals surface area contributed by atoms with Crippen LogP contribution in [-0.4, -0.2) is 35.9 Å². The molecule has 2 aliphatic heterocycles. The molecule has 0 saturated heterocycles. The minimum atomic E-state index is -0.523. The minimum Gasteiger partial charge on any atom is -0.497 e. The van der Waals surface area contributed by atoms with Crippen molar-refractivity contribution >= 4 is 11.8 Å². The molecular formula is C20H22N2O5. The van der Waals surface area contributed by atoms with Crippen molar-refractivity contribution in [1.82, 2.24) is 4.98 Å². The van der Waals surface area contributed by atoms with E-state index in [4.69, 9.17) is 14.2 Å². The largest absolute Gasteiger partial charge is 0.497 e. The summed E-state index contributed by atoms with van der Waals surface area (Å²) in [6.07, 6.45) is -0.173. The van der Waals surface area contributed by atoms with Crippen LogP contribution >= 0.6 is 0 Å². The smallest absolute Gasteiger partial charge is 0.357 e. The molecule has 7 heteroatoms. The van der Waals surface area contributed by atoms with Gasteiger partial charge in [-0.2, -0.15) is 0 Å². The average Bonchev–Trinajstić information content (AvgIpc) is 3.09. The number of carbonyl (C=O) groups is 1. The lowest BCUT2D eigenvalue weighted by molar-refractivity contribution is 0.00829. The van der Waals surface area contributed by atoms with Crippen LogP contribution in [0.15, 0.2) is 24.3 Å². The fraction of sp³-hybridized carbons (Fsp3) is 0.400. The van der Waals surface area contributed by atoms with Crippen molar-refractivity contribution in [3.63, 3.8) is 0 Å². The predicted octanol–water partition coefficient (Wildman–Crippen LogP) is 2.37. The number of aromatic nitrogens is 1. The van der Waals surface area contributed by atoms with Crippen LogP contribution in [0.2, 0.25) is 0 Å². The Balaban J connectivity index is 1.66. The first kappa shape index (κ1) is 17.8. The number of aliphatic hydroxyl groups excluding tert-OH is 1. The number of esters is 1. The third-order valence-corrected chi connectivity index (χ3v) is 5.06. The summed E-state index contributed by atoms with van der Waals surface area (Å²) in [5.41, 5.74) is 4.18. The van der Waals surface area contributed by atoms with Gasteiger partial charge in [-0.05, 0) is 35.7 Å². The van der Waals surface area contributed by atoms with E-state index in [0.29, 0.717) is 31.1 Å². The van der Waals surface area contributed by atoms with Gasteiger partial charge in [-0.25, -0.2) is 9.78 Å². The van der Waals surface area contributed by atoms with E-state index in [1.54, 1.807) is 7.11 Å². The maximum absolute atomic E-state index is 12.4. The average molecular weight is 370 g/mol. The number of carbonyl (C=O) groups excluding carboxylic acids is 1. The number of hydrogen-bond acceptors (Lipinski definition) is 7. The van der Waals surface area contributed by atoms with Gasteiger partial charge >= 0.3 is 5.97 Å². The van der Waals surface area contributed by atoms with Crippen molar-refractivity contribution in [2.45, 2.75) is 38.7 Å². The first-order chi connectivity index (χ1) is 13.1. The van der Waals surface area contributed by atoms with Gasteiger partial charge in [-0.15, -0.1) is 0 Å². The van der Waals surface area contributed by atoms with Crippen LogP contribution in [0.1, 0.15) is 45.8 Å². The van der Waals surface area contributed by atoms with Gasteiger partial charge in [0.1, 0.15) is 17.7 Å².